The van der Waals surface area contributed by atoms with Gasteiger partial charge in [0.2, 0.25) is 11.7 Å². The number of alkyl halides is 1. The molecule has 2 N–H and O–H groups in total. The summed E-state index contributed by atoms with van der Waals surface area (Å²) in [5, 5.41) is 10.2. The molecule has 0 amide bonds. The van der Waals surface area contributed by atoms with Crippen molar-refractivity contribution in [3.63, 3.8) is 0 Å². The second kappa shape index (κ2) is 5.43. The number of hydrazine groups is 1. The van der Waals surface area contributed by atoms with Crippen LogP contribution >= 0.6 is 11.6 Å². The van der Waals surface area contributed by atoms with Gasteiger partial charge < -0.3 is 9.09 Å². The number of hydrogen-bond donors (Lipinski definition) is 2. The average molecular weight is 376 g/mol. The molecule has 26 heavy (non-hydrogen) atoms. The first-order valence-corrected chi connectivity index (χ1v) is 10.0. The van der Waals surface area contributed by atoms with Gasteiger partial charge in [-0.15, -0.1) is 11.6 Å². The van der Waals surface area contributed by atoms with Gasteiger partial charge in [-0.1, -0.05) is 5.16 Å². The second-order valence-electron chi connectivity index (χ2n) is 7.98. The van der Waals surface area contributed by atoms with E-state index in [2.05, 4.69) is 42.4 Å². The lowest BCUT2D eigenvalue weighted by Gasteiger charge is -2.47. The van der Waals surface area contributed by atoms with Crippen molar-refractivity contribution in [3.05, 3.63) is 12.2 Å². The lowest BCUT2D eigenvalue weighted by atomic mass is 9.80. The van der Waals surface area contributed by atoms with Gasteiger partial charge in [-0.3, -0.25) is 10.3 Å². The molecular weight excluding hydrogens is 354 g/mol. The Labute approximate surface area is 156 Å². The summed E-state index contributed by atoms with van der Waals surface area (Å²) in [6, 6.07) is 0.346. The molecule has 4 aliphatic rings. The van der Waals surface area contributed by atoms with Crippen molar-refractivity contribution in [2.24, 2.45) is 5.92 Å². The Kier molecular flexibility index (Phi) is 3.22. The minimum Gasteiger partial charge on any atom is -0.339 e. The van der Waals surface area contributed by atoms with E-state index in [0.717, 1.165) is 49.5 Å². The topological polar surface area (TPSA) is 84.0 Å². The fourth-order valence-electron chi connectivity index (χ4n) is 4.83. The maximum Gasteiger partial charge on any atom is 0.230 e. The summed E-state index contributed by atoms with van der Waals surface area (Å²) < 4.78 is 7.74. The van der Waals surface area contributed by atoms with Gasteiger partial charge in [-0.2, -0.15) is 4.98 Å². The molecule has 8 nitrogen and oxygen atoms in total. The normalized spacial score (nSPS) is 35.9. The quantitative estimate of drug-likeness (QED) is 0.779. The summed E-state index contributed by atoms with van der Waals surface area (Å²) in [5.41, 5.74) is 4.30. The zero-order chi connectivity index (χ0) is 17.4. The highest BCUT2D eigenvalue weighted by Crippen LogP contribution is 2.48. The Morgan fingerprint density at radius 3 is 3.00 bits per heavy atom. The maximum atomic E-state index is 6.77. The zero-order valence-electron chi connectivity index (χ0n) is 14.6. The van der Waals surface area contributed by atoms with Crippen LogP contribution in [0.15, 0.2) is 10.9 Å². The highest BCUT2D eigenvalue weighted by atomic mass is 35.5. The third-order valence-electron chi connectivity index (χ3n) is 6.17. The fraction of sp³-hybridized carbons (Fsp3) is 0.706. The number of rotatable bonds is 2. The smallest absolute Gasteiger partial charge is 0.230 e. The molecule has 9 heteroatoms. The van der Waals surface area contributed by atoms with Gasteiger partial charge in [-0.25, -0.2) is 10.4 Å². The van der Waals surface area contributed by atoms with Crippen molar-refractivity contribution in [1.29, 1.82) is 0 Å². The van der Waals surface area contributed by atoms with E-state index in [-0.39, 0.29) is 17.7 Å². The molecule has 138 valence electrons. The van der Waals surface area contributed by atoms with Gasteiger partial charge in [0.15, 0.2) is 11.5 Å². The molecule has 3 fully saturated rings. The van der Waals surface area contributed by atoms with Gasteiger partial charge in [0.05, 0.1) is 12.5 Å². The molecule has 2 aliphatic heterocycles. The number of nitrogens with zero attached hydrogens (tertiary/aromatic N) is 5. The van der Waals surface area contributed by atoms with Crippen LogP contribution in [0.5, 0.6) is 0 Å². The Morgan fingerprint density at radius 2 is 2.15 bits per heavy atom. The van der Waals surface area contributed by atoms with Crippen LogP contribution in [-0.2, 0) is 0 Å². The van der Waals surface area contributed by atoms with Crippen LogP contribution in [0.4, 0.5) is 5.82 Å². The minimum absolute atomic E-state index is 0.149. The summed E-state index contributed by atoms with van der Waals surface area (Å²) in [4.78, 5) is 9.31. The third kappa shape index (κ3) is 2.12. The van der Waals surface area contributed by atoms with Gasteiger partial charge in [0.25, 0.3) is 0 Å². The number of aromatic nitrogens is 4. The van der Waals surface area contributed by atoms with Crippen molar-refractivity contribution in [2.45, 2.75) is 68.7 Å². The number of nitrogens with one attached hydrogen (secondary N) is 2. The molecule has 4 heterocycles. The standard InChI is InChI=1S/C17H22ClN7O/c1-8-20-15-12-10(18)3-2-4-11(12)24-7-19-13(17(24)25(15)22-8)14-21-16(26-23-14)9-5-6-9/h7-12,15,20,22H,2-6H2,1H3. The first-order chi connectivity index (χ1) is 12.7. The minimum atomic E-state index is 0.149. The van der Waals surface area contributed by atoms with Crippen molar-refractivity contribution in [3.8, 4) is 11.5 Å². The lowest BCUT2D eigenvalue weighted by Crippen LogP contribution is -2.56. The Bertz CT molecular complexity index is 846. The van der Waals surface area contributed by atoms with Crippen molar-refractivity contribution >= 4 is 17.4 Å². The van der Waals surface area contributed by atoms with Gasteiger partial charge in [-0.05, 0) is 39.0 Å². The van der Waals surface area contributed by atoms with Crippen LogP contribution in [0.3, 0.4) is 0 Å². The molecule has 2 saturated carbocycles. The van der Waals surface area contributed by atoms with Crippen molar-refractivity contribution in [2.75, 3.05) is 5.01 Å². The van der Waals surface area contributed by atoms with E-state index < -0.39 is 0 Å². The summed E-state index contributed by atoms with van der Waals surface area (Å²) >= 11 is 6.77. The monoisotopic (exact) mass is 375 g/mol. The average Bonchev–Trinajstić information content (AvgIpc) is 3.05. The van der Waals surface area contributed by atoms with E-state index in [1.54, 1.807) is 0 Å². The van der Waals surface area contributed by atoms with Crippen molar-refractivity contribution in [1.82, 2.24) is 30.4 Å². The molecule has 0 radical (unpaired) electrons. The predicted octanol–water partition coefficient (Wildman–Crippen LogP) is 2.36. The molecule has 5 atom stereocenters. The van der Waals surface area contributed by atoms with Crippen LogP contribution in [0, 0.1) is 5.92 Å². The highest BCUT2D eigenvalue weighted by molar-refractivity contribution is 6.21. The molecular formula is C17H22ClN7O. The van der Waals surface area contributed by atoms with Crippen LogP contribution in [0.1, 0.15) is 56.9 Å². The van der Waals surface area contributed by atoms with Gasteiger partial charge >= 0.3 is 0 Å². The maximum absolute atomic E-state index is 6.77. The molecule has 5 unspecified atom stereocenters. The molecule has 2 aliphatic carbocycles. The number of hydrogen-bond acceptors (Lipinski definition) is 7. The van der Waals surface area contributed by atoms with Gasteiger partial charge in [0.1, 0.15) is 6.17 Å². The predicted molar refractivity (Wildman–Crippen MR) is 95.5 cm³/mol. The zero-order valence-corrected chi connectivity index (χ0v) is 15.4. The largest absolute Gasteiger partial charge is 0.339 e. The number of halogens is 1. The SMILES string of the molecule is CC1NC2C3C(Cl)CCCC3n3cnc(-c4noc(C5CC5)n4)c3N2N1. The number of imidazole rings is 1. The Balaban J connectivity index is 1.47. The van der Waals surface area contributed by atoms with E-state index in [0.29, 0.717) is 23.7 Å². The molecule has 6 rings (SSSR count). The first-order valence-electron chi connectivity index (χ1n) is 9.57. The Hall–Kier alpha value is -1.64. The summed E-state index contributed by atoms with van der Waals surface area (Å²) in [7, 11) is 0. The molecule has 1 saturated heterocycles. The van der Waals surface area contributed by atoms with E-state index in [9.17, 15) is 0 Å². The number of anilines is 1. The molecule has 0 bridgehead atoms. The molecule has 0 aromatic carbocycles. The van der Waals surface area contributed by atoms with Crippen LogP contribution in [0.2, 0.25) is 0 Å². The molecule has 0 spiro atoms. The molecule has 2 aromatic rings. The molecule has 2 aromatic heterocycles. The first kappa shape index (κ1) is 15.4. The van der Waals surface area contributed by atoms with Crippen LogP contribution in [0.25, 0.3) is 11.5 Å². The highest BCUT2D eigenvalue weighted by Gasteiger charge is 2.50. The van der Waals surface area contributed by atoms with Crippen LogP contribution < -0.4 is 15.8 Å². The second-order valence-corrected chi connectivity index (χ2v) is 8.54. The van der Waals surface area contributed by atoms with Crippen molar-refractivity contribution < 1.29 is 4.52 Å². The summed E-state index contributed by atoms with van der Waals surface area (Å²) in [6.07, 6.45) is 7.86. The van der Waals surface area contributed by atoms with E-state index >= 15 is 0 Å². The lowest BCUT2D eigenvalue weighted by molar-refractivity contribution is 0.177. The third-order valence-corrected chi connectivity index (χ3v) is 6.68. The van der Waals surface area contributed by atoms with E-state index in [1.807, 2.05) is 6.33 Å². The van der Waals surface area contributed by atoms with Gasteiger partial charge in [0, 0.05) is 23.3 Å². The number of fused-ring (bicyclic) bond motifs is 6. The van der Waals surface area contributed by atoms with E-state index in [4.69, 9.17) is 16.1 Å². The van der Waals surface area contributed by atoms with E-state index in [1.165, 1.54) is 0 Å². The summed E-state index contributed by atoms with van der Waals surface area (Å²) in [6.45, 7) is 2.12. The fourth-order valence-corrected chi connectivity index (χ4v) is 5.29. The summed E-state index contributed by atoms with van der Waals surface area (Å²) in [5.74, 6) is 3.12. The Morgan fingerprint density at radius 1 is 1.27 bits per heavy atom. The van der Waals surface area contributed by atoms with Crippen LogP contribution in [-0.4, -0.2) is 37.4 Å².